The van der Waals surface area contributed by atoms with E-state index >= 15 is 0 Å². The highest BCUT2D eigenvalue weighted by Crippen LogP contribution is 2.30. The van der Waals surface area contributed by atoms with Crippen LogP contribution in [0.1, 0.15) is 40.0 Å². The number of hydrogen-bond acceptors (Lipinski definition) is 2. The van der Waals surface area contributed by atoms with Gasteiger partial charge < -0.3 is 0 Å². The van der Waals surface area contributed by atoms with Gasteiger partial charge in [-0.25, -0.2) is 0 Å². The lowest BCUT2D eigenvalue weighted by Crippen LogP contribution is -2.20. The quantitative estimate of drug-likeness (QED) is 0.653. The van der Waals surface area contributed by atoms with Crippen LogP contribution in [0.3, 0.4) is 0 Å². The maximum Gasteiger partial charge on any atom is 0.155 e. The van der Waals surface area contributed by atoms with Crippen LogP contribution in [0.2, 0.25) is 0 Å². The molecule has 13 heavy (non-hydrogen) atoms. The molecule has 0 radical (unpaired) electrons. The van der Waals surface area contributed by atoms with E-state index in [2.05, 4.69) is 0 Å². The van der Waals surface area contributed by atoms with Crippen LogP contribution in [0, 0.1) is 5.92 Å². The van der Waals surface area contributed by atoms with Crippen molar-refractivity contribution in [2.75, 3.05) is 0 Å². The molecule has 0 heterocycles. The van der Waals surface area contributed by atoms with E-state index in [1.807, 2.05) is 6.92 Å². The summed E-state index contributed by atoms with van der Waals surface area (Å²) < 4.78 is 0. The molecule has 2 heteroatoms. The van der Waals surface area contributed by atoms with E-state index in [-0.39, 0.29) is 17.5 Å². The van der Waals surface area contributed by atoms with E-state index in [0.717, 1.165) is 30.4 Å². The van der Waals surface area contributed by atoms with E-state index in [0.29, 0.717) is 0 Å². The number of rotatable bonds is 2. The predicted octanol–water partition coefficient (Wildman–Crippen LogP) is 2.28. The molecule has 1 unspecified atom stereocenters. The van der Waals surface area contributed by atoms with Crippen molar-refractivity contribution in [3.8, 4) is 0 Å². The fourth-order valence-corrected chi connectivity index (χ4v) is 2.07. The van der Waals surface area contributed by atoms with Crippen LogP contribution in [0.5, 0.6) is 0 Å². The van der Waals surface area contributed by atoms with Gasteiger partial charge in [-0.3, -0.25) is 9.59 Å². The van der Waals surface area contributed by atoms with Gasteiger partial charge in [-0.15, -0.1) is 0 Å². The fourth-order valence-electron chi connectivity index (χ4n) is 2.07. The van der Waals surface area contributed by atoms with Crippen molar-refractivity contribution in [1.82, 2.24) is 0 Å². The van der Waals surface area contributed by atoms with Gasteiger partial charge in [0.25, 0.3) is 0 Å². The summed E-state index contributed by atoms with van der Waals surface area (Å²) in [6.45, 7) is 5.11. The van der Waals surface area contributed by atoms with Crippen LogP contribution in [-0.4, -0.2) is 11.6 Å². The number of Topliss-reactive ketones (excluding diaryl/α,β-unsaturated/α-hetero) is 2. The molecule has 1 atom stereocenters. The van der Waals surface area contributed by atoms with Crippen molar-refractivity contribution in [3.63, 3.8) is 0 Å². The second-order valence-corrected chi connectivity index (χ2v) is 3.77. The number of hydrogen-bond donors (Lipinski definition) is 0. The molecule has 1 aliphatic rings. The second-order valence-electron chi connectivity index (χ2n) is 3.77. The highest BCUT2D eigenvalue weighted by atomic mass is 16.1. The minimum atomic E-state index is 0.00708. The molecule has 0 bridgehead atoms. The van der Waals surface area contributed by atoms with Gasteiger partial charge in [0, 0.05) is 5.92 Å². The minimum Gasteiger partial charge on any atom is -0.299 e. The summed E-state index contributed by atoms with van der Waals surface area (Å²) in [5.74, 6) is 0.326. The normalized spacial score (nSPS) is 23.2. The molecular weight excluding hydrogens is 164 g/mol. The molecule has 0 saturated heterocycles. The number of carbonyl (C=O) groups is 2. The molecule has 72 valence electrons. The first kappa shape index (κ1) is 10.2. The lowest BCUT2D eigenvalue weighted by Gasteiger charge is -2.23. The van der Waals surface area contributed by atoms with Crippen LogP contribution in [-0.2, 0) is 9.59 Å². The second kappa shape index (κ2) is 3.86. The molecule has 2 nitrogen and oxygen atoms in total. The highest BCUT2D eigenvalue weighted by molar-refractivity contribution is 5.96. The van der Waals surface area contributed by atoms with Gasteiger partial charge in [-0.1, -0.05) is 5.57 Å². The van der Waals surface area contributed by atoms with Crippen molar-refractivity contribution < 1.29 is 9.59 Å². The Morgan fingerprint density at radius 1 is 1.31 bits per heavy atom. The van der Waals surface area contributed by atoms with Crippen LogP contribution < -0.4 is 0 Å². The Bertz CT molecular complexity index is 274. The monoisotopic (exact) mass is 180 g/mol. The number of allylic oxidation sites excluding steroid dienone is 2. The van der Waals surface area contributed by atoms with Crippen LogP contribution in [0.25, 0.3) is 0 Å². The Kier molecular flexibility index (Phi) is 3.02. The number of ketones is 2. The largest absolute Gasteiger partial charge is 0.299 e. The highest BCUT2D eigenvalue weighted by Gasteiger charge is 2.24. The standard InChI is InChI=1S/C11H16O2/c1-7-10(8(2)12)5-4-6-11(7)9(3)13/h10H,4-6H2,1-3H3. The molecule has 1 aliphatic carbocycles. The Morgan fingerprint density at radius 3 is 2.38 bits per heavy atom. The van der Waals surface area contributed by atoms with Crippen molar-refractivity contribution in [3.05, 3.63) is 11.1 Å². The fraction of sp³-hybridized carbons (Fsp3) is 0.636. The first-order valence-electron chi connectivity index (χ1n) is 4.75. The van der Waals surface area contributed by atoms with Gasteiger partial charge in [-0.2, -0.15) is 0 Å². The van der Waals surface area contributed by atoms with E-state index in [1.165, 1.54) is 0 Å². The first-order valence-corrected chi connectivity index (χ1v) is 4.75. The summed E-state index contributed by atoms with van der Waals surface area (Å²) in [4.78, 5) is 22.4. The summed E-state index contributed by atoms with van der Waals surface area (Å²) >= 11 is 0. The van der Waals surface area contributed by atoms with Crippen molar-refractivity contribution in [1.29, 1.82) is 0 Å². The predicted molar refractivity (Wildman–Crippen MR) is 51.4 cm³/mol. The van der Waals surface area contributed by atoms with Crippen LogP contribution in [0.4, 0.5) is 0 Å². The average molecular weight is 180 g/mol. The molecule has 0 saturated carbocycles. The van der Waals surface area contributed by atoms with Crippen LogP contribution in [0.15, 0.2) is 11.1 Å². The third-order valence-electron chi connectivity index (χ3n) is 2.83. The third kappa shape index (κ3) is 2.06. The Morgan fingerprint density at radius 2 is 1.92 bits per heavy atom. The Labute approximate surface area is 79.0 Å². The van der Waals surface area contributed by atoms with Crippen molar-refractivity contribution >= 4 is 11.6 Å². The molecule has 0 aliphatic heterocycles. The molecule has 0 aromatic carbocycles. The lowest BCUT2D eigenvalue weighted by molar-refractivity contribution is -0.120. The average Bonchev–Trinajstić information content (AvgIpc) is 2.03. The zero-order chi connectivity index (χ0) is 10.0. The first-order chi connectivity index (χ1) is 6.04. The molecule has 0 aromatic rings. The summed E-state index contributed by atoms with van der Waals surface area (Å²) in [6, 6.07) is 0. The van der Waals surface area contributed by atoms with E-state index in [1.54, 1.807) is 13.8 Å². The summed E-state index contributed by atoms with van der Waals surface area (Å²) in [5.41, 5.74) is 1.89. The smallest absolute Gasteiger partial charge is 0.155 e. The van der Waals surface area contributed by atoms with Gasteiger partial charge in [0.1, 0.15) is 5.78 Å². The van der Waals surface area contributed by atoms with Crippen molar-refractivity contribution in [2.45, 2.75) is 40.0 Å². The molecule has 0 amide bonds. The lowest BCUT2D eigenvalue weighted by atomic mass is 9.80. The number of carbonyl (C=O) groups excluding carboxylic acids is 2. The molecule has 0 N–H and O–H groups in total. The van der Waals surface area contributed by atoms with E-state index in [4.69, 9.17) is 0 Å². The summed E-state index contributed by atoms with van der Waals surface area (Å²) in [7, 11) is 0. The molecule has 0 aromatic heterocycles. The maximum absolute atomic E-state index is 11.2. The van der Waals surface area contributed by atoms with E-state index in [9.17, 15) is 9.59 Å². The molecular formula is C11H16O2. The van der Waals surface area contributed by atoms with Gasteiger partial charge in [-0.05, 0) is 45.6 Å². The minimum absolute atomic E-state index is 0.00708. The zero-order valence-electron chi connectivity index (χ0n) is 8.52. The Hall–Kier alpha value is -0.920. The van der Waals surface area contributed by atoms with Gasteiger partial charge in [0.15, 0.2) is 5.78 Å². The SMILES string of the molecule is CC(=O)C1=C(C)C(C(C)=O)CCC1. The molecule has 0 fully saturated rings. The maximum atomic E-state index is 11.2. The molecule has 0 spiro atoms. The summed E-state index contributed by atoms with van der Waals surface area (Å²) in [6.07, 6.45) is 2.74. The van der Waals surface area contributed by atoms with Crippen molar-refractivity contribution in [2.24, 2.45) is 5.92 Å². The third-order valence-corrected chi connectivity index (χ3v) is 2.83. The van der Waals surface area contributed by atoms with Crippen LogP contribution >= 0.6 is 0 Å². The van der Waals surface area contributed by atoms with E-state index < -0.39 is 0 Å². The topological polar surface area (TPSA) is 34.1 Å². The van der Waals surface area contributed by atoms with Gasteiger partial charge >= 0.3 is 0 Å². The zero-order valence-corrected chi connectivity index (χ0v) is 8.52. The molecule has 1 rings (SSSR count). The van der Waals surface area contributed by atoms with Gasteiger partial charge in [0.2, 0.25) is 0 Å². The van der Waals surface area contributed by atoms with Gasteiger partial charge in [0.05, 0.1) is 0 Å². The Balaban J connectivity index is 2.98. The summed E-state index contributed by atoms with van der Waals surface area (Å²) in [5, 5.41) is 0.